The maximum atomic E-state index is 13.6. The number of aryl methyl sites for hydroxylation is 1. The fourth-order valence-corrected chi connectivity index (χ4v) is 3.37. The van der Waals surface area contributed by atoms with Gasteiger partial charge in [0.1, 0.15) is 15.0 Å². The summed E-state index contributed by atoms with van der Waals surface area (Å²) in [6.07, 6.45) is 0. The summed E-state index contributed by atoms with van der Waals surface area (Å²) in [5.41, 5.74) is 0.477. The summed E-state index contributed by atoms with van der Waals surface area (Å²) in [5.74, 6) is -3.68. The first kappa shape index (κ1) is 16.4. The van der Waals surface area contributed by atoms with Gasteiger partial charge in [0.25, 0.3) is 5.92 Å². The van der Waals surface area contributed by atoms with Crippen molar-refractivity contribution in [1.29, 1.82) is 0 Å². The standard InChI is InChI=1S/C13H12ClF2IN2O2/c1-4-21-12(20)7-5-8-18-10(13(3,15)16)11(17)19(8)6(2)9(7)14/h5H,4H2,1-3H3. The van der Waals surface area contributed by atoms with Crippen LogP contribution >= 0.6 is 34.2 Å². The van der Waals surface area contributed by atoms with Gasteiger partial charge in [0.05, 0.1) is 17.2 Å². The summed E-state index contributed by atoms with van der Waals surface area (Å²) < 4.78 is 33.8. The molecule has 0 fully saturated rings. The molecular weight excluding hydrogens is 417 g/mol. The smallest absolute Gasteiger partial charge is 0.339 e. The average Bonchev–Trinajstić information content (AvgIpc) is 2.71. The first-order valence-corrected chi connectivity index (χ1v) is 7.56. The molecule has 21 heavy (non-hydrogen) atoms. The molecule has 4 nitrogen and oxygen atoms in total. The Balaban J connectivity index is 2.75. The molecule has 0 aliphatic heterocycles. The van der Waals surface area contributed by atoms with Gasteiger partial charge in [0, 0.05) is 12.6 Å². The van der Waals surface area contributed by atoms with E-state index in [9.17, 15) is 13.6 Å². The van der Waals surface area contributed by atoms with E-state index in [1.807, 2.05) is 0 Å². The maximum absolute atomic E-state index is 13.6. The minimum atomic E-state index is -3.08. The summed E-state index contributed by atoms with van der Waals surface area (Å²) in [6.45, 7) is 4.29. The van der Waals surface area contributed by atoms with E-state index in [2.05, 4.69) is 4.98 Å². The van der Waals surface area contributed by atoms with Crippen molar-refractivity contribution in [3.05, 3.63) is 31.7 Å². The van der Waals surface area contributed by atoms with Gasteiger partial charge in [0.15, 0.2) is 0 Å². The van der Waals surface area contributed by atoms with E-state index in [0.717, 1.165) is 6.92 Å². The number of halogens is 4. The van der Waals surface area contributed by atoms with Crippen LogP contribution in [-0.4, -0.2) is 22.0 Å². The van der Waals surface area contributed by atoms with Crippen LogP contribution in [0.3, 0.4) is 0 Å². The molecule has 0 radical (unpaired) electrons. The van der Waals surface area contributed by atoms with Crippen molar-refractivity contribution in [3.8, 4) is 0 Å². The molecule has 0 spiro atoms. The third-order valence-electron chi connectivity index (χ3n) is 2.92. The lowest BCUT2D eigenvalue weighted by Gasteiger charge is -2.10. The highest BCUT2D eigenvalue weighted by Gasteiger charge is 2.32. The van der Waals surface area contributed by atoms with Crippen molar-refractivity contribution in [2.75, 3.05) is 6.61 Å². The Bertz CT molecular complexity index is 725. The number of esters is 1. The number of aromatic nitrogens is 2. The number of rotatable bonds is 3. The number of alkyl halides is 2. The average molecular weight is 429 g/mol. The Morgan fingerprint density at radius 1 is 1.57 bits per heavy atom. The van der Waals surface area contributed by atoms with Gasteiger partial charge in [-0.3, -0.25) is 4.40 Å². The minimum absolute atomic E-state index is 0.121. The molecule has 2 rings (SSSR count). The van der Waals surface area contributed by atoms with Gasteiger partial charge in [0.2, 0.25) is 0 Å². The third-order valence-corrected chi connectivity index (χ3v) is 4.39. The molecular formula is C13H12ClF2IN2O2. The lowest BCUT2D eigenvalue weighted by molar-refractivity contribution is 0.0123. The fourth-order valence-electron chi connectivity index (χ4n) is 1.96. The van der Waals surface area contributed by atoms with Crippen LogP contribution in [0.5, 0.6) is 0 Å². The molecule has 2 aromatic heterocycles. The van der Waals surface area contributed by atoms with Gasteiger partial charge < -0.3 is 4.74 Å². The van der Waals surface area contributed by atoms with Gasteiger partial charge in [-0.1, -0.05) is 11.6 Å². The van der Waals surface area contributed by atoms with Crippen molar-refractivity contribution in [2.24, 2.45) is 0 Å². The number of fused-ring (bicyclic) bond motifs is 1. The molecule has 2 heterocycles. The molecule has 0 saturated heterocycles. The summed E-state index contributed by atoms with van der Waals surface area (Å²) in [6, 6.07) is 1.37. The van der Waals surface area contributed by atoms with Crippen molar-refractivity contribution >= 4 is 45.8 Å². The molecule has 0 amide bonds. The molecule has 114 valence electrons. The SMILES string of the molecule is CCOC(=O)c1cc2nc(C(C)(F)F)c(I)n2c(C)c1Cl. The number of pyridine rings is 1. The first-order chi connectivity index (χ1) is 9.68. The summed E-state index contributed by atoms with van der Waals surface area (Å²) in [7, 11) is 0. The lowest BCUT2D eigenvalue weighted by atomic mass is 10.2. The maximum Gasteiger partial charge on any atom is 0.339 e. The zero-order chi connectivity index (χ0) is 15.9. The van der Waals surface area contributed by atoms with Crippen LogP contribution in [0.1, 0.15) is 35.6 Å². The highest BCUT2D eigenvalue weighted by atomic mass is 127. The van der Waals surface area contributed by atoms with E-state index in [1.165, 1.54) is 10.5 Å². The molecule has 8 heteroatoms. The lowest BCUT2D eigenvalue weighted by Crippen LogP contribution is -2.10. The Hall–Kier alpha value is -0.960. The first-order valence-electron chi connectivity index (χ1n) is 6.11. The molecule has 0 unspecified atom stereocenters. The van der Waals surface area contributed by atoms with Crippen LogP contribution in [0.2, 0.25) is 5.02 Å². The number of hydrogen-bond donors (Lipinski definition) is 0. The van der Waals surface area contributed by atoms with E-state index in [1.54, 1.807) is 36.4 Å². The van der Waals surface area contributed by atoms with Crippen LogP contribution in [-0.2, 0) is 10.7 Å². The van der Waals surface area contributed by atoms with Gasteiger partial charge >= 0.3 is 5.97 Å². The van der Waals surface area contributed by atoms with Crippen LogP contribution in [0.25, 0.3) is 5.65 Å². The molecule has 0 saturated carbocycles. The Kier molecular flexibility index (Phi) is 4.44. The van der Waals surface area contributed by atoms with E-state index in [4.69, 9.17) is 16.3 Å². The zero-order valence-corrected chi connectivity index (χ0v) is 14.4. The van der Waals surface area contributed by atoms with Crippen LogP contribution in [0.4, 0.5) is 8.78 Å². The Morgan fingerprint density at radius 3 is 2.71 bits per heavy atom. The number of hydrogen-bond acceptors (Lipinski definition) is 3. The number of ether oxygens (including phenoxy) is 1. The quantitative estimate of drug-likeness (QED) is 0.544. The summed E-state index contributed by atoms with van der Waals surface area (Å²) in [5, 5.41) is 0.169. The fraction of sp³-hybridized carbons (Fsp3) is 0.385. The Morgan fingerprint density at radius 2 is 2.19 bits per heavy atom. The highest BCUT2D eigenvalue weighted by molar-refractivity contribution is 14.1. The minimum Gasteiger partial charge on any atom is -0.462 e. The van der Waals surface area contributed by atoms with Crippen LogP contribution < -0.4 is 0 Å². The molecule has 0 aromatic carbocycles. The largest absolute Gasteiger partial charge is 0.462 e. The van der Waals surface area contributed by atoms with Gasteiger partial charge in [-0.05, 0) is 42.5 Å². The normalized spacial score (nSPS) is 12.0. The summed E-state index contributed by atoms with van der Waals surface area (Å²) >= 11 is 7.95. The number of nitrogens with zero attached hydrogens (tertiary/aromatic N) is 2. The van der Waals surface area contributed by atoms with Crippen LogP contribution in [0.15, 0.2) is 6.07 Å². The van der Waals surface area contributed by atoms with Crippen molar-refractivity contribution in [1.82, 2.24) is 9.38 Å². The van der Waals surface area contributed by atoms with E-state index in [0.29, 0.717) is 5.69 Å². The van der Waals surface area contributed by atoms with Crippen molar-refractivity contribution in [3.63, 3.8) is 0 Å². The Labute approximate surface area is 138 Å². The van der Waals surface area contributed by atoms with E-state index in [-0.39, 0.29) is 32.2 Å². The predicted octanol–water partition coefficient (Wildman–Crippen LogP) is 4.19. The van der Waals surface area contributed by atoms with Crippen molar-refractivity contribution < 1.29 is 18.3 Å². The van der Waals surface area contributed by atoms with Crippen LogP contribution in [0, 0.1) is 10.6 Å². The molecule has 0 aliphatic rings. The monoisotopic (exact) mass is 428 g/mol. The molecule has 0 atom stereocenters. The second kappa shape index (κ2) is 5.68. The van der Waals surface area contributed by atoms with Gasteiger partial charge in [-0.25, -0.2) is 9.78 Å². The van der Waals surface area contributed by atoms with E-state index < -0.39 is 11.9 Å². The summed E-state index contributed by atoms with van der Waals surface area (Å²) in [4.78, 5) is 15.8. The topological polar surface area (TPSA) is 43.6 Å². The highest BCUT2D eigenvalue weighted by Crippen LogP contribution is 2.33. The third kappa shape index (κ3) is 2.85. The second-order valence-electron chi connectivity index (χ2n) is 4.51. The van der Waals surface area contributed by atoms with E-state index >= 15 is 0 Å². The molecule has 2 aromatic rings. The molecule has 0 N–H and O–H groups in total. The zero-order valence-electron chi connectivity index (χ0n) is 11.5. The van der Waals surface area contributed by atoms with Gasteiger partial charge in [-0.2, -0.15) is 8.78 Å². The second-order valence-corrected chi connectivity index (χ2v) is 5.91. The number of imidazole rings is 1. The molecule has 0 bridgehead atoms. The predicted molar refractivity (Wildman–Crippen MR) is 83.2 cm³/mol. The van der Waals surface area contributed by atoms with Crippen molar-refractivity contribution in [2.45, 2.75) is 26.7 Å². The number of carbonyl (C=O) groups excluding carboxylic acids is 1. The van der Waals surface area contributed by atoms with Gasteiger partial charge in [-0.15, -0.1) is 0 Å². The molecule has 0 aliphatic carbocycles. The number of carbonyl (C=O) groups is 1.